The number of rotatable bonds is 7. The molecule has 0 atom stereocenters. The lowest BCUT2D eigenvalue weighted by Gasteiger charge is -2.18. The molecule has 0 aliphatic carbocycles. The van der Waals surface area contributed by atoms with Gasteiger partial charge in [-0.2, -0.15) is 0 Å². The Morgan fingerprint density at radius 1 is 1.00 bits per heavy atom. The number of phenolic OH excluding ortho intramolecular Hbond substituents is 1. The van der Waals surface area contributed by atoms with Crippen molar-refractivity contribution in [2.75, 3.05) is 34.9 Å². The zero-order chi connectivity index (χ0) is 18.4. The third kappa shape index (κ3) is 4.35. The van der Waals surface area contributed by atoms with Crippen LogP contribution in [0.2, 0.25) is 0 Å². The molecule has 0 unspecified atom stereocenters. The number of hydrogen-bond donors (Lipinski definition) is 1. The third-order valence-electron chi connectivity index (χ3n) is 3.97. The van der Waals surface area contributed by atoms with Crippen molar-refractivity contribution < 1.29 is 24.1 Å². The minimum Gasteiger partial charge on any atom is -0.507 e. The first kappa shape index (κ1) is 18.4. The summed E-state index contributed by atoms with van der Waals surface area (Å²) in [6.07, 6.45) is 0.652. The Bertz CT molecular complexity index is 745. The number of nitrogens with zero attached hydrogens (tertiary/aromatic N) is 1. The second kappa shape index (κ2) is 8.28. The summed E-state index contributed by atoms with van der Waals surface area (Å²) in [5.41, 5.74) is 1.27. The van der Waals surface area contributed by atoms with Crippen molar-refractivity contribution in [3.63, 3.8) is 0 Å². The van der Waals surface area contributed by atoms with Gasteiger partial charge in [0.2, 0.25) is 0 Å². The maximum Gasteiger partial charge on any atom is 0.257 e. The zero-order valence-corrected chi connectivity index (χ0v) is 14.9. The highest BCUT2D eigenvalue weighted by Crippen LogP contribution is 2.28. The van der Waals surface area contributed by atoms with Gasteiger partial charge in [0, 0.05) is 19.7 Å². The standard InChI is InChI=1S/C19H23NO5/c1-20(19(22)15-7-6-14(23-2)12-16(15)21)10-9-13-5-8-17(24-3)18(11-13)25-4/h5-8,11-12,21H,9-10H2,1-4H3. The molecule has 6 heteroatoms. The van der Waals surface area contributed by atoms with E-state index in [0.717, 1.165) is 5.56 Å². The normalized spacial score (nSPS) is 10.2. The molecule has 0 bridgehead atoms. The lowest BCUT2D eigenvalue weighted by atomic mass is 10.1. The Labute approximate surface area is 147 Å². The van der Waals surface area contributed by atoms with Crippen LogP contribution in [-0.2, 0) is 6.42 Å². The maximum absolute atomic E-state index is 12.5. The third-order valence-corrected chi connectivity index (χ3v) is 3.97. The van der Waals surface area contributed by atoms with Crippen LogP contribution in [0.4, 0.5) is 0 Å². The first-order valence-electron chi connectivity index (χ1n) is 7.83. The number of carbonyl (C=O) groups is 1. The SMILES string of the molecule is COc1ccc(C(=O)N(C)CCc2ccc(OC)c(OC)c2)c(O)c1. The predicted molar refractivity (Wildman–Crippen MR) is 94.9 cm³/mol. The fraction of sp³-hybridized carbons (Fsp3) is 0.316. The van der Waals surface area contributed by atoms with Crippen molar-refractivity contribution >= 4 is 5.91 Å². The van der Waals surface area contributed by atoms with Crippen molar-refractivity contribution in [3.05, 3.63) is 47.5 Å². The average molecular weight is 345 g/mol. The topological polar surface area (TPSA) is 68.2 Å². The Hall–Kier alpha value is -2.89. The summed E-state index contributed by atoms with van der Waals surface area (Å²) in [6, 6.07) is 10.3. The van der Waals surface area contributed by atoms with E-state index in [1.165, 1.54) is 13.2 Å². The van der Waals surface area contributed by atoms with Crippen LogP contribution in [0.15, 0.2) is 36.4 Å². The number of carbonyl (C=O) groups excluding carboxylic acids is 1. The highest BCUT2D eigenvalue weighted by atomic mass is 16.5. The van der Waals surface area contributed by atoms with Crippen molar-refractivity contribution in [2.24, 2.45) is 0 Å². The van der Waals surface area contributed by atoms with E-state index in [1.54, 1.807) is 38.3 Å². The fourth-order valence-electron chi connectivity index (χ4n) is 2.46. The van der Waals surface area contributed by atoms with Gasteiger partial charge in [0.05, 0.1) is 26.9 Å². The van der Waals surface area contributed by atoms with E-state index in [9.17, 15) is 9.90 Å². The number of methoxy groups -OCH3 is 3. The summed E-state index contributed by atoms with van der Waals surface area (Å²) < 4.78 is 15.5. The van der Waals surface area contributed by atoms with Gasteiger partial charge in [0.15, 0.2) is 11.5 Å². The van der Waals surface area contributed by atoms with Crippen molar-refractivity contribution in [1.29, 1.82) is 0 Å². The molecule has 2 rings (SSSR count). The molecule has 134 valence electrons. The van der Waals surface area contributed by atoms with Gasteiger partial charge < -0.3 is 24.2 Å². The van der Waals surface area contributed by atoms with E-state index in [1.807, 2.05) is 18.2 Å². The number of ether oxygens (including phenoxy) is 3. The molecule has 0 aliphatic heterocycles. The maximum atomic E-state index is 12.5. The molecule has 0 aliphatic rings. The zero-order valence-electron chi connectivity index (χ0n) is 14.9. The van der Waals surface area contributed by atoms with Gasteiger partial charge in [-0.3, -0.25) is 4.79 Å². The Morgan fingerprint density at radius 2 is 1.72 bits per heavy atom. The molecular formula is C19H23NO5. The fourth-order valence-corrected chi connectivity index (χ4v) is 2.46. The summed E-state index contributed by atoms with van der Waals surface area (Å²) in [7, 11) is 6.38. The van der Waals surface area contributed by atoms with Crippen LogP contribution >= 0.6 is 0 Å². The van der Waals surface area contributed by atoms with E-state index in [2.05, 4.69) is 0 Å². The number of hydrogen-bond acceptors (Lipinski definition) is 5. The van der Waals surface area contributed by atoms with E-state index >= 15 is 0 Å². The Kier molecular flexibility index (Phi) is 6.11. The molecule has 0 radical (unpaired) electrons. The molecule has 0 heterocycles. The van der Waals surface area contributed by atoms with Crippen molar-refractivity contribution in [1.82, 2.24) is 4.90 Å². The molecule has 2 aromatic rings. The van der Waals surface area contributed by atoms with Crippen LogP contribution in [0.5, 0.6) is 23.0 Å². The van der Waals surface area contributed by atoms with E-state index < -0.39 is 0 Å². The van der Waals surface area contributed by atoms with E-state index in [-0.39, 0.29) is 17.2 Å². The Morgan fingerprint density at radius 3 is 2.32 bits per heavy atom. The monoisotopic (exact) mass is 345 g/mol. The summed E-state index contributed by atoms with van der Waals surface area (Å²) in [4.78, 5) is 14.1. The minimum absolute atomic E-state index is 0.0951. The second-order valence-electron chi connectivity index (χ2n) is 5.55. The lowest BCUT2D eigenvalue weighted by Crippen LogP contribution is -2.28. The van der Waals surface area contributed by atoms with Gasteiger partial charge in [-0.1, -0.05) is 6.07 Å². The number of amides is 1. The van der Waals surface area contributed by atoms with Crippen molar-refractivity contribution in [2.45, 2.75) is 6.42 Å². The highest BCUT2D eigenvalue weighted by molar-refractivity contribution is 5.96. The quantitative estimate of drug-likeness (QED) is 0.836. The molecule has 0 aromatic heterocycles. The van der Waals surface area contributed by atoms with Gasteiger partial charge >= 0.3 is 0 Å². The molecule has 1 N–H and O–H groups in total. The lowest BCUT2D eigenvalue weighted by molar-refractivity contribution is 0.0793. The number of benzene rings is 2. The smallest absolute Gasteiger partial charge is 0.257 e. The van der Waals surface area contributed by atoms with Gasteiger partial charge in [-0.25, -0.2) is 0 Å². The molecule has 6 nitrogen and oxygen atoms in total. The highest BCUT2D eigenvalue weighted by Gasteiger charge is 2.16. The first-order chi connectivity index (χ1) is 12.0. The summed E-state index contributed by atoms with van der Waals surface area (Å²) in [6.45, 7) is 0.500. The summed E-state index contributed by atoms with van der Waals surface area (Å²) in [5.74, 6) is 1.48. The first-order valence-corrected chi connectivity index (χ1v) is 7.83. The van der Waals surface area contributed by atoms with Crippen LogP contribution in [0.25, 0.3) is 0 Å². The molecule has 0 saturated heterocycles. The number of aromatic hydroxyl groups is 1. The Balaban J connectivity index is 2.04. The average Bonchev–Trinajstić information content (AvgIpc) is 2.64. The second-order valence-corrected chi connectivity index (χ2v) is 5.55. The van der Waals surface area contributed by atoms with Crippen molar-refractivity contribution in [3.8, 4) is 23.0 Å². The molecule has 1 amide bonds. The molecule has 0 spiro atoms. The van der Waals surface area contributed by atoms with Gasteiger partial charge in [-0.05, 0) is 36.2 Å². The summed E-state index contributed by atoms with van der Waals surface area (Å²) >= 11 is 0. The molecule has 2 aromatic carbocycles. The van der Waals surface area contributed by atoms with E-state index in [0.29, 0.717) is 30.2 Å². The molecule has 25 heavy (non-hydrogen) atoms. The van der Waals surface area contributed by atoms with Gasteiger partial charge in [-0.15, -0.1) is 0 Å². The predicted octanol–water partition coefficient (Wildman–Crippen LogP) is 2.73. The number of phenols is 1. The largest absolute Gasteiger partial charge is 0.507 e. The van der Waals surface area contributed by atoms with Gasteiger partial charge in [0.25, 0.3) is 5.91 Å². The number of likely N-dealkylation sites (N-methyl/N-ethyl adjacent to an activating group) is 1. The van der Waals surface area contributed by atoms with Crippen LogP contribution in [0, 0.1) is 0 Å². The molecule has 0 fully saturated rings. The van der Waals surface area contributed by atoms with Crippen LogP contribution in [0.3, 0.4) is 0 Å². The van der Waals surface area contributed by atoms with Gasteiger partial charge in [0.1, 0.15) is 11.5 Å². The molecule has 0 saturated carbocycles. The summed E-state index contributed by atoms with van der Waals surface area (Å²) in [5, 5.41) is 10.00. The van der Waals surface area contributed by atoms with Crippen LogP contribution in [-0.4, -0.2) is 50.8 Å². The van der Waals surface area contributed by atoms with E-state index in [4.69, 9.17) is 14.2 Å². The minimum atomic E-state index is -0.249. The molecular weight excluding hydrogens is 322 g/mol. The van der Waals surface area contributed by atoms with Crippen LogP contribution < -0.4 is 14.2 Å². The van der Waals surface area contributed by atoms with Crippen LogP contribution in [0.1, 0.15) is 15.9 Å².